The summed E-state index contributed by atoms with van der Waals surface area (Å²) in [5.41, 5.74) is 15.8. The second kappa shape index (κ2) is 11.7. The predicted molar refractivity (Wildman–Crippen MR) is 239 cm³/mol. The maximum atomic E-state index is 6.75. The summed E-state index contributed by atoms with van der Waals surface area (Å²) < 4.78 is 13.0. The predicted octanol–water partition coefficient (Wildman–Crippen LogP) is 13.8. The molecule has 4 nitrogen and oxygen atoms in total. The minimum atomic E-state index is 0.713. The standard InChI is InChI=1S/C52H31N3OS/c1-3-11-31(12-4-1)43-22-21-38-40-30-35(20-24-48(40)56-51(38)49(53-43)32-13-5-2-6-14-32)54-44-17-9-7-15-36(44)39-27-33(19-23-46(39)54)34-28-41-37-16-8-10-18-45(37)55-47-25-26-57-52(47)42(29-34)50(41)55/h1-20,22-30H,21H2. The fourth-order valence-electron chi connectivity index (χ4n) is 9.47. The van der Waals surface area contributed by atoms with Crippen LogP contribution in [-0.4, -0.2) is 14.7 Å². The quantitative estimate of drug-likeness (QED) is 0.177. The maximum Gasteiger partial charge on any atom is 0.157 e. The topological polar surface area (TPSA) is 34.8 Å². The van der Waals surface area contributed by atoms with Crippen LogP contribution >= 0.6 is 11.3 Å². The molecule has 0 saturated heterocycles. The highest BCUT2D eigenvalue weighted by molar-refractivity contribution is 7.18. The number of furan rings is 1. The van der Waals surface area contributed by atoms with Crippen molar-refractivity contribution in [2.24, 2.45) is 4.99 Å². The fraction of sp³-hybridized carbons (Fsp3) is 0.0192. The smallest absolute Gasteiger partial charge is 0.157 e. The number of hydrogen-bond donors (Lipinski definition) is 0. The van der Waals surface area contributed by atoms with Crippen molar-refractivity contribution < 1.29 is 4.42 Å². The number of para-hydroxylation sites is 2. The first kappa shape index (κ1) is 31.0. The minimum Gasteiger partial charge on any atom is -0.454 e. The highest BCUT2D eigenvalue weighted by atomic mass is 32.1. The summed E-state index contributed by atoms with van der Waals surface area (Å²) in [6, 6.07) is 59.2. The Morgan fingerprint density at radius 1 is 0.509 bits per heavy atom. The molecule has 0 saturated carbocycles. The molecule has 0 radical (unpaired) electrons. The summed E-state index contributed by atoms with van der Waals surface area (Å²) >= 11 is 1.83. The molecule has 1 aliphatic rings. The summed E-state index contributed by atoms with van der Waals surface area (Å²) in [5, 5.41) is 9.72. The maximum absolute atomic E-state index is 6.75. The van der Waals surface area contributed by atoms with Crippen LogP contribution in [0.3, 0.4) is 0 Å². The molecule has 0 N–H and O–H groups in total. The van der Waals surface area contributed by atoms with E-state index in [9.17, 15) is 0 Å². The van der Waals surface area contributed by atoms with E-state index in [1.54, 1.807) is 0 Å². The van der Waals surface area contributed by atoms with E-state index in [0.717, 1.165) is 50.5 Å². The Morgan fingerprint density at radius 2 is 1.21 bits per heavy atom. The van der Waals surface area contributed by atoms with Gasteiger partial charge in [0.25, 0.3) is 0 Å². The first-order valence-electron chi connectivity index (χ1n) is 19.4. The third-order valence-corrected chi connectivity index (χ3v) is 12.9. The van der Waals surface area contributed by atoms with Crippen molar-refractivity contribution in [2.45, 2.75) is 6.42 Å². The van der Waals surface area contributed by atoms with Gasteiger partial charge in [0, 0.05) is 49.1 Å². The van der Waals surface area contributed by atoms with E-state index in [1.165, 1.54) is 70.3 Å². The molecule has 0 unspecified atom stereocenters. The van der Waals surface area contributed by atoms with E-state index in [4.69, 9.17) is 9.41 Å². The molecule has 0 bridgehead atoms. The number of thiophene rings is 1. The first-order valence-corrected chi connectivity index (χ1v) is 20.3. The summed E-state index contributed by atoms with van der Waals surface area (Å²) in [4.78, 5) is 5.27. The van der Waals surface area contributed by atoms with Gasteiger partial charge < -0.3 is 13.4 Å². The lowest BCUT2D eigenvalue weighted by atomic mass is 9.99. The average Bonchev–Trinajstić information content (AvgIpc) is 4.07. The molecule has 13 rings (SSSR count). The molecular formula is C52H31N3OS. The van der Waals surface area contributed by atoms with Crippen molar-refractivity contribution in [2.75, 3.05) is 0 Å². The second-order valence-corrected chi connectivity index (χ2v) is 16.0. The Bertz CT molecular complexity index is 3650. The average molecular weight is 746 g/mol. The monoisotopic (exact) mass is 745 g/mol. The molecule has 0 amide bonds. The van der Waals surface area contributed by atoms with Gasteiger partial charge in [0.15, 0.2) is 5.76 Å². The Balaban J connectivity index is 0.994. The number of benzene rings is 7. The van der Waals surface area contributed by atoms with Gasteiger partial charge in [-0.05, 0) is 89.2 Å². The van der Waals surface area contributed by atoms with Gasteiger partial charge in [-0.15, -0.1) is 11.3 Å². The summed E-state index contributed by atoms with van der Waals surface area (Å²) in [5.74, 6) is 0.834. The second-order valence-electron chi connectivity index (χ2n) is 15.1. The molecular weight excluding hydrogens is 715 g/mol. The van der Waals surface area contributed by atoms with E-state index < -0.39 is 0 Å². The van der Waals surface area contributed by atoms with Crippen LogP contribution in [0.1, 0.15) is 22.5 Å². The molecule has 5 aromatic heterocycles. The third-order valence-electron chi connectivity index (χ3n) is 12.0. The van der Waals surface area contributed by atoms with Crippen LogP contribution in [0.25, 0.3) is 92.7 Å². The molecule has 0 spiro atoms. The van der Waals surface area contributed by atoms with E-state index in [0.29, 0.717) is 6.42 Å². The highest BCUT2D eigenvalue weighted by Gasteiger charge is 2.25. The summed E-state index contributed by atoms with van der Waals surface area (Å²) in [7, 11) is 0. The molecule has 0 atom stereocenters. The summed E-state index contributed by atoms with van der Waals surface area (Å²) in [6.07, 6.45) is 2.96. The lowest BCUT2D eigenvalue weighted by Gasteiger charge is -2.09. The van der Waals surface area contributed by atoms with Crippen LogP contribution in [-0.2, 0) is 6.42 Å². The van der Waals surface area contributed by atoms with E-state index in [2.05, 4.69) is 172 Å². The van der Waals surface area contributed by atoms with Crippen LogP contribution in [0.5, 0.6) is 0 Å². The van der Waals surface area contributed by atoms with Gasteiger partial charge in [-0.2, -0.15) is 0 Å². The Labute approximate surface area is 330 Å². The zero-order valence-electron chi connectivity index (χ0n) is 30.6. The number of rotatable bonds is 4. The number of aliphatic imine (C=N–C) groups is 1. The van der Waals surface area contributed by atoms with Gasteiger partial charge in [-0.3, -0.25) is 0 Å². The molecule has 12 aromatic rings. The molecule has 0 aliphatic carbocycles. The van der Waals surface area contributed by atoms with Crippen molar-refractivity contribution in [1.82, 2.24) is 8.97 Å². The number of hydrogen-bond acceptors (Lipinski definition) is 3. The molecule has 7 aromatic carbocycles. The lowest BCUT2D eigenvalue weighted by molar-refractivity contribution is 0.601. The first-order chi connectivity index (χ1) is 28.3. The minimum absolute atomic E-state index is 0.713. The van der Waals surface area contributed by atoms with Gasteiger partial charge in [0.05, 0.1) is 38.0 Å². The van der Waals surface area contributed by atoms with Crippen molar-refractivity contribution in [1.29, 1.82) is 0 Å². The molecule has 6 heterocycles. The van der Waals surface area contributed by atoms with Crippen molar-refractivity contribution >= 4 is 92.9 Å². The van der Waals surface area contributed by atoms with Gasteiger partial charge in [-0.25, -0.2) is 4.99 Å². The molecule has 266 valence electrons. The zero-order chi connectivity index (χ0) is 37.2. The van der Waals surface area contributed by atoms with Crippen LogP contribution in [0.15, 0.2) is 185 Å². The molecule has 5 heteroatoms. The van der Waals surface area contributed by atoms with Crippen molar-refractivity contribution in [3.8, 4) is 16.8 Å². The van der Waals surface area contributed by atoms with Crippen LogP contribution in [0.4, 0.5) is 0 Å². The number of allylic oxidation sites excluding steroid dienone is 1. The van der Waals surface area contributed by atoms with E-state index in [-0.39, 0.29) is 0 Å². The molecule has 0 fully saturated rings. The zero-order valence-corrected chi connectivity index (χ0v) is 31.4. The lowest BCUT2D eigenvalue weighted by Crippen LogP contribution is -2.03. The summed E-state index contributed by atoms with van der Waals surface area (Å²) in [6.45, 7) is 0. The molecule has 1 aliphatic heterocycles. The van der Waals surface area contributed by atoms with Crippen LogP contribution in [0.2, 0.25) is 0 Å². The van der Waals surface area contributed by atoms with Crippen LogP contribution < -0.4 is 0 Å². The Kier molecular flexibility index (Phi) is 6.35. The third kappa shape index (κ3) is 4.40. The van der Waals surface area contributed by atoms with E-state index >= 15 is 0 Å². The highest BCUT2D eigenvalue weighted by Crippen LogP contribution is 2.44. The fourth-order valence-corrected chi connectivity index (χ4v) is 10.4. The number of aromatic nitrogens is 2. The number of nitrogens with zero attached hydrogens (tertiary/aromatic N) is 3. The van der Waals surface area contributed by atoms with E-state index in [1.807, 2.05) is 23.5 Å². The van der Waals surface area contributed by atoms with Crippen molar-refractivity contribution in [3.05, 3.63) is 198 Å². The van der Waals surface area contributed by atoms with Gasteiger partial charge in [-0.1, -0.05) is 109 Å². The number of fused-ring (bicyclic) bond motifs is 12. The molecule has 57 heavy (non-hydrogen) atoms. The SMILES string of the molecule is C1=C(c2ccccc2)N=C(c2ccccc2)c2oc3ccc(-n4c5ccccc5c5cc(-c6cc7c8ccccc8n8c9ccsc9c(c6)c78)ccc54)cc3c2C1. The Hall–Kier alpha value is -7.21. The van der Waals surface area contributed by atoms with Gasteiger partial charge in [0.2, 0.25) is 0 Å². The van der Waals surface area contributed by atoms with Crippen molar-refractivity contribution in [3.63, 3.8) is 0 Å². The van der Waals surface area contributed by atoms with Crippen LogP contribution in [0, 0.1) is 0 Å². The normalized spacial score (nSPS) is 13.4. The van der Waals surface area contributed by atoms with Gasteiger partial charge in [0.1, 0.15) is 11.3 Å². The Morgan fingerprint density at radius 3 is 2.05 bits per heavy atom. The van der Waals surface area contributed by atoms with Gasteiger partial charge >= 0.3 is 0 Å². The largest absolute Gasteiger partial charge is 0.454 e.